The molecule has 2 amide bonds. The third-order valence-electron chi connectivity index (χ3n) is 0.757. The van der Waals surface area contributed by atoms with Crippen molar-refractivity contribution in [1.82, 2.24) is 5.32 Å². The molecule has 0 aliphatic carbocycles. The van der Waals surface area contributed by atoms with E-state index >= 15 is 0 Å². The fourth-order valence-corrected chi connectivity index (χ4v) is 0.397. The van der Waals surface area contributed by atoms with E-state index < -0.39 is 12.0 Å². The van der Waals surface area contributed by atoms with Crippen LogP contribution in [-0.2, 0) is 9.53 Å². The number of hydrogen-bond donors (Lipinski definition) is 1. The van der Waals surface area contributed by atoms with Gasteiger partial charge in [0.15, 0.2) is 0 Å². The standard InChI is InChI=1S/C6H8N2O3/c1-2-11-6(10)8-5(9)3-4-7/h2-3H2,1H3,(H,8,9,10). The Kier molecular flexibility index (Phi) is 4.49. The van der Waals surface area contributed by atoms with Gasteiger partial charge in [0.1, 0.15) is 6.42 Å². The van der Waals surface area contributed by atoms with Gasteiger partial charge in [-0.05, 0) is 6.92 Å². The maximum absolute atomic E-state index is 10.5. The average molecular weight is 156 g/mol. The summed E-state index contributed by atoms with van der Waals surface area (Å²) in [6.45, 7) is 1.82. The molecule has 0 aliphatic heterocycles. The molecular weight excluding hydrogens is 148 g/mol. The summed E-state index contributed by atoms with van der Waals surface area (Å²) in [6, 6.07) is 1.60. The Morgan fingerprint density at radius 3 is 2.73 bits per heavy atom. The van der Waals surface area contributed by atoms with Gasteiger partial charge in [-0.15, -0.1) is 0 Å². The highest BCUT2D eigenvalue weighted by molar-refractivity contribution is 5.92. The minimum Gasteiger partial charge on any atom is -0.450 e. The van der Waals surface area contributed by atoms with E-state index in [2.05, 4.69) is 4.74 Å². The number of nitrogens with one attached hydrogen (secondary N) is 1. The van der Waals surface area contributed by atoms with Crippen molar-refractivity contribution < 1.29 is 14.3 Å². The summed E-state index contributed by atoms with van der Waals surface area (Å²) in [5.74, 6) is -0.647. The van der Waals surface area contributed by atoms with Gasteiger partial charge in [-0.3, -0.25) is 10.1 Å². The highest BCUT2D eigenvalue weighted by Gasteiger charge is 2.05. The molecule has 0 spiro atoms. The quantitative estimate of drug-likeness (QED) is 0.618. The molecule has 5 heteroatoms. The molecule has 0 aromatic rings. The molecule has 0 unspecified atom stereocenters. The van der Waals surface area contributed by atoms with Gasteiger partial charge >= 0.3 is 6.09 Å². The summed E-state index contributed by atoms with van der Waals surface area (Å²) in [7, 11) is 0. The first kappa shape index (κ1) is 9.43. The molecule has 0 heterocycles. The summed E-state index contributed by atoms with van der Waals surface area (Å²) in [5.41, 5.74) is 0. The normalized spacial score (nSPS) is 8.00. The lowest BCUT2D eigenvalue weighted by molar-refractivity contribution is -0.119. The lowest BCUT2D eigenvalue weighted by atomic mass is 10.4. The van der Waals surface area contributed by atoms with Gasteiger partial charge in [-0.2, -0.15) is 5.26 Å². The molecule has 0 aromatic carbocycles. The fraction of sp³-hybridized carbons (Fsp3) is 0.500. The van der Waals surface area contributed by atoms with Crippen LogP contribution in [-0.4, -0.2) is 18.6 Å². The number of rotatable bonds is 2. The van der Waals surface area contributed by atoms with E-state index in [1.807, 2.05) is 5.32 Å². The van der Waals surface area contributed by atoms with Gasteiger partial charge in [0.05, 0.1) is 12.7 Å². The van der Waals surface area contributed by atoms with E-state index in [4.69, 9.17) is 5.26 Å². The zero-order chi connectivity index (χ0) is 8.69. The van der Waals surface area contributed by atoms with Crippen LogP contribution in [0.3, 0.4) is 0 Å². The molecule has 0 bridgehead atoms. The Hall–Kier alpha value is -1.57. The molecule has 0 radical (unpaired) electrons. The summed E-state index contributed by atoms with van der Waals surface area (Å²) in [5, 5.41) is 9.88. The Morgan fingerprint density at radius 2 is 2.27 bits per heavy atom. The lowest BCUT2D eigenvalue weighted by Gasteiger charge is -1.99. The van der Waals surface area contributed by atoms with E-state index in [1.54, 1.807) is 13.0 Å². The third kappa shape index (κ3) is 4.90. The molecule has 0 aromatic heterocycles. The van der Waals surface area contributed by atoms with E-state index in [0.717, 1.165) is 0 Å². The maximum atomic E-state index is 10.5. The molecule has 0 rings (SSSR count). The minimum absolute atomic E-state index is 0.200. The smallest absolute Gasteiger partial charge is 0.413 e. The topological polar surface area (TPSA) is 79.2 Å². The lowest BCUT2D eigenvalue weighted by Crippen LogP contribution is -2.30. The highest BCUT2D eigenvalue weighted by atomic mass is 16.5. The average Bonchev–Trinajstić information content (AvgIpc) is 1.87. The molecule has 60 valence electrons. The highest BCUT2D eigenvalue weighted by Crippen LogP contribution is 1.79. The van der Waals surface area contributed by atoms with Crippen molar-refractivity contribution >= 4 is 12.0 Å². The number of nitrogens with zero attached hydrogens (tertiary/aromatic N) is 1. The van der Waals surface area contributed by atoms with E-state index in [9.17, 15) is 9.59 Å². The van der Waals surface area contributed by atoms with Crippen LogP contribution in [0.25, 0.3) is 0 Å². The molecule has 0 atom stereocenters. The Balaban J connectivity index is 3.60. The number of carbonyl (C=O) groups is 2. The second-order valence-electron chi connectivity index (χ2n) is 1.60. The molecule has 0 saturated carbocycles. The third-order valence-corrected chi connectivity index (χ3v) is 0.757. The van der Waals surface area contributed by atoms with Crippen LogP contribution in [0.15, 0.2) is 0 Å². The molecule has 11 heavy (non-hydrogen) atoms. The van der Waals surface area contributed by atoms with Crippen molar-refractivity contribution in [3.05, 3.63) is 0 Å². The van der Waals surface area contributed by atoms with Crippen LogP contribution < -0.4 is 5.32 Å². The molecule has 0 aliphatic rings. The van der Waals surface area contributed by atoms with Gasteiger partial charge in [-0.1, -0.05) is 0 Å². The first-order chi connectivity index (χ1) is 5.20. The SMILES string of the molecule is CCOC(=O)NC(=O)CC#N. The fourth-order valence-electron chi connectivity index (χ4n) is 0.397. The van der Waals surface area contributed by atoms with E-state index in [0.29, 0.717) is 0 Å². The summed E-state index contributed by atoms with van der Waals surface area (Å²) in [4.78, 5) is 21.0. The van der Waals surface area contributed by atoms with Crippen LogP contribution in [0.4, 0.5) is 4.79 Å². The first-order valence-corrected chi connectivity index (χ1v) is 3.04. The Morgan fingerprint density at radius 1 is 1.64 bits per heavy atom. The maximum Gasteiger partial charge on any atom is 0.413 e. The van der Waals surface area contributed by atoms with Crippen molar-refractivity contribution in [2.24, 2.45) is 0 Å². The molecule has 0 saturated heterocycles. The van der Waals surface area contributed by atoms with Crippen molar-refractivity contribution in [2.45, 2.75) is 13.3 Å². The van der Waals surface area contributed by atoms with Crippen molar-refractivity contribution in [2.75, 3.05) is 6.61 Å². The van der Waals surface area contributed by atoms with Crippen LogP contribution in [0.2, 0.25) is 0 Å². The predicted octanol–water partition coefficient (Wildman–Crippen LogP) is 0.173. The number of carbonyl (C=O) groups excluding carboxylic acids is 2. The van der Waals surface area contributed by atoms with Crippen molar-refractivity contribution in [1.29, 1.82) is 5.26 Å². The number of alkyl carbamates (subject to hydrolysis) is 1. The predicted molar refractivity (Wildman–Crippen MR) is 35.4 cm³/mol. The summed E-state index contributed by atoms with van der Waals surface area (Å²) < 4.78 is 4.38. The molecule has 5 nitrogen and oxygen atoms in total. The minimum atomic E-state index is -0.812. The van der Waals surface area contributed by atoms with Gasteiger partial charge in [0, 0.05) is 0 Å². The molecule has 1 N–H and O–H groups in total. The van der Waals surface area contributed by atoms with Crippen molar-refractivity contribution in [3.63, 3.8) is 0 Å². The molecule has 0 fully saturated rings. The van der Waals surface area contributed by atoms with Crippen LogP contribution in [0.1, 0.15) is 13.3 Å². The molecular formula is C6H8N2O3. The number of imide groups is 1. The van der Waals surface area contributed by atoms with E-state index in [1.165, 1.54) is 0 Å². The van der Waals surface area contributed by atoms with Gasteiger partial charge < -0.3 is 4.74 Å². The Bertz CT molecular complexity index is 194. The van der Waals surface area contributed by atoms with Crippen molar-refractivity contribution in [3.8, 4) is 6.07 Å². The van der Waals surface area contributed by atoms with Gasteiger partial charge in [0.2, 0.25) is 5.91 Å². The number of nitriles is 1. The zero-order valence-corrected chi connectivity index (χ0v) is 6.09. The summed E-state index contributed by atoms with van der Waals surface area (Å²) in [6.07, 6.45) is -1.15. The summed E-state index contributed by atoms with van der Waals surface area (Å²) >= 11 is 0. The van der Waals surface area contributed by atoms with Gasteiger partial charge in [0.25, 0.3) is 0 Å². The van der Waals surface area contributed by atoms with Gasteiger partial charge in [-0.25, -0.2) is 4.79 Å². The monoisotopic (exact) mass is 156 g/mol. The number of hydrogen-bond acceptors (Lipinski definition) is 4. The largest absolute Gasteiger partial charge is 0.450 e. The van der Waals surface area contributed by atoms with Crippen LogP contribution in [0.5, 0.6) is 0 Å². The number of ether oxygens (including phenoxy) is 1. The zero-order valence-electron chi connectivity index (χ0n) is 6.09. The van der Waals surface area contributed by atoms with E-state index in [-0.39, 0.29) is 13.0 Å². The second kappa shape index (κ2) is 5.23. The second-order valence-corrected chi connectivity index (χ2v) is 1.60. The van der Waals surface area contributed by atoms with Crippen LogP contribution in [0, 0.1) is 11.3 Å². The van der Waals surface area contributed by atoms with Crippen LogP contribution >= 0.6 is 0 Å². The first-order valence-electron chi connectivity index (χ1n) is 3.04. The Labute approximate surface area is 63.9 Å². The number of amides is 2.